The van der Waals surface area contributed by atoms with E-state index in [9.17, 15) is 0 Å². The summed E-state index contributed by atoms with van der Waals surface area (Å²) in [5.74, 6) is 0. The van der Waals surface area contributed by atoms with E-state index in [0.29, 0.717) is 7.25 Å². The van der Waals surface area contributed by atoms with Crippen molar-refractivity contribution in [3.63, 3.8) is 0 Å². The molecular weight excluding hydrogens is 811 g/mol. The van der Waals surface area contributed by atoms with Crippen molar-refractivity contribution < 1.29 is 45.1 Å². The Balaban J connectivity index is 0.00000310. The van der Waals surface area contributed by atoms with Gasteiger partial charge in [-0.1, -0.05) is 0 Å². The molecule has 2 aliphatic carbocycles. The van der Waals surface area contributed by atoms with E-state index in [1.165, 1.54) is 89.6 Å². The number of hydrogen-bond acceptors (Lipinski definition) is 0. The van der Waals surface area contributed by atoms with Gasteiger partial charge in [0.25, 0.3) is 0 Å². The first-order valence-corrected chi connectivity index (χ1v) is 28.0. The number of benzene rings is 4. The van der Waals surface area contributed by atoms with E-state index in [1.54, 1.807) is 22.3 Å². The molecule has 4 aromatic rings. The molecule has 0 aromatic heterocycles. The SMILES string of the molecule is CCCC1=Cc2c(-c3cc(C(C)(C)C)cc(C(C)(C)C)c3)cccc2[CH]1[Zr+2]1([CH]2C(CCC)=Cc3c(-c4cc(C(C)(C)C)cc(C(C)(C)C)c4)cccc32)[CH2][CH2]1.[Cl-].[Cl-]. The summed E-state index contributed by atoms with van der Waals surface area (Å²) in [6.07, 6.45) is 10.3. The largest absolute Gasteiger partial charge is 1.00 e. The molecule has 0 radical (unpaired) electrons. The Kier molecular flexibility index (Phi) is 13.2. The van der Waals surface area contributed by atoms with Crippen LogP contribution in [0.4, 0.5) is 0 Å². The fourth-order valence-electron chi connectivity index (χ4n) is 9.99. The van der Waals surface area contributed by atoms with E-state index in [4.69, 9.17) is 0 Å². The Morgan fingerprint density at radius 1 is 0.474 bits per heavy atom. The molecule has 0 spiro atoms. The van der Waals surface area contributed by atoms with Crippen molar-refractivity contribution >= 4 is 12.2 Å². The fourth-order valence-corrected chi connectivity index (χ4v) is 27.6. The molecule has 0 N–H and O–H groups in total. The zero-order valence-corrected chi connectivity index (χ0v) is 41.7. The molecule has 0 nitrogen and oxygen atoms in total. The summed E-state index contributed by atoms with van der Waals surface area (Å²) >= 11 is -2.89. The Morgan fingerprint density at radius 3 is 1.05 bits per heavy atom. The molecule has 0 bridgehead atoms. The van der Waals surface area contributed by atoms with Crippen molar-refractivity contribution in [2.24, 2.45) is 0 Å². The molecule has 3 heteroatoms. The molecular formula is C54H70Cl2Zr. The van der Waals surface area contributed by atoms with Gasteiger partial charge in [-0.25, -0.2) is 0 Å². The van der Waals surface area contributed by atoms with E-state index in [2.05, 4.69) is 182 Å². The first-order valence-electron chi connectivity index (χ1n) is 21.7. The van der Waals surface area contributed by atoms with Crippen LogP contribution >= 0.6 is 0 Å². The minimum absolute atomic E-state index is 0. The van der Waals surface area contributed by atoms with Gasteiger partial charge in [-0.2, -0.15) is 0 Å². The number of fused-ring (bicyclic) bond motifs is 2. The summed E-state index contributed by atoms with van der Waals surface area (Å²) < 4.78 is 4.32. The van der Waals surface area contributed by atoms with Crippen LogP contribution in [0.5, 0.6) is 0 Å². The van der Waals surface area contributed by atoms with Crippen molar-refractivity contribution in [1.82, 2.24) is 0 Å². The Hall–Kier alpha value is -2.18. The minimum atomic E-state index is -2.89. The molecule has 2 unspecified atom stereocenters. The third-order valence-corrected chi connectivity index (χ3v) is 26.4. The van der Waals surface area contributed by atoms with Crippen molar-refractivity contribution in [3.05, 3.63) is 128 Å². The van der Waals surface area contributed by atoms with Gasteiger partial charge in [0.2, 0.25) is 0 Å². The first kappa shape index (κ1) is 45.9. The first-order chi connectivity index (χ1) is 25.7. The van der Waals surface area contributed by atoms with Crippen LogP contribution in [0.25, 0.3) is 34.4 Å². The third kappa shape index (κ3) is 8.71. The van der Waals surface area contributed by atoms with Gasteiger partial charge in [0.1, 0.15) is 0 Å². The molecule has 0 amide bonds. The molecule has 1 fully saturated rings. The van der Waals surface area contributed by atoms with E-state index in [-0.39, 0.29) is 46.5 Å². The maximum absolute atomic E-state index is 2.89. The molecule has 4 aromatic carbocycles. The maximum Gasteiger partial charge on any atom is -1.00 e. The minimum Gasteiger partial charge on any atom is -1.00 e. The standard InChI is InChI=1S/2C26H33.C2H4.2ClH.Zr/c2*1-8-10-18-13-19-11-9-12-23(24(19)14-18)20-15-21(25(2,3)4)17-22(16-20)26(5,6)7;1-2;;;/h2*9,11-17H,8,10H2,1-7H3;1-2H2;2*1H;/q;;;;;+2/p-2. The second-order valence-electron chi connectivity index (χ2n) is 21.8. The van der Waals surface area contributed by atoms with E-state index < -0.39 is 20.3 Å². The van der Waals surface area contributed by atoms with Gasteiger partial charge in [0, 0.05) is 0 Å². The Bertz CT molecular complexity index is 1970. The van der Waals surface area contributed by atoms with Crippen LogP contribution in [0, 0.1) is 0 Å². The van der Waals surface area contributed by atoms with Crippen LogP contribution in [-0.2, 0) is 41.9 Å². The van der Waals surface area contributed by atoms with Gasteiger partial charge in [0.05, 0.1) is 0 Å². The van der Waals surface area contributed by atoms with E-state index in [1.807, 2.05) is 0 Å². The molecule has 1 heterocycles. The predicted molar refractivity (Wildman–Crippen MR) is 239 cm³/mol. The summed E-state index contributed by atoms with van der Waals surface area (Å²) in [7, 11) is 0. The van der Waals surface area contributed by atoms with Gasteiger partial charge in [-0.15, -0.1) is 0 Å². The number of halogens is 2. The summed E-state index contributed by atoms with van der Waals surface area (Å²) in [4.78, 5) is 0. The van der Waals surface area contributed by atoms with Crippen molar-refractivity contribution in [2.45, 2.75) is 160 Å². The van der Waals surface area contributed by atoms with E-state index >= 15 is 0 Å². The van der Waals surface area contributed by atoms with Crippen LogP contribution in [0.2, 0.25) is 8.26 Å². The molecule has 57 heavy (non-hydrogen) atoms. The second-order valence-corrected chi connectivity index (χ2v) is 33.1. The van der Waals surface area contributed by atoms with Crippen LogP contribution < -0.4 is 24.8 Å². The van der Waals surface area contributed by atoms with Crippen molar-refractivity contribution in [1.29, 1.82) is 0 Å². The third-order valence-electron chi connectivity index (χ3n) is 13.3. The average molecular weight is 881 g/mol. The molecule has 1 aliphatic heterocycles. The zero-order chi connectivity index (χ0) is 39.9. The molecule has 3 aliphatic rings. The Morgan fingerprint density at radius 2 is 0.789 bits per heavy atom. The van der Waals surface area contributed by atoms with Crippen LogP contribution in [-0.4, -0.2) is 0 Å². The second kappa shape index (κ2) is 16.4. The van der Waals surface area contributed by atoms with Gasteiger partial charge < -0.3 is 24.8 Å². The maximum atomic E-state index is 2.71. The van der Waals surface area contributed by atoms with Crippen LogP contribution in [0.1, 0.15) is 174 Å². The summed E-state index contributed by atoms with van der Waals surface area (Å²) in [6, 6.07) is 29.8. The summed E-state index contributed by atoms with van der Waals surface area (Å²) in [5, 5.41) is 0. The monoisotopic (exact) mass is 878 g/mol. The van der Waals surface area contributed by atoms with Crippen molar-refractivity contribution in [2.75, 3.05) is 0 Å². The smallest absolute Gasteiger partial charge is 1.00 e. The van der Waals surface area contributed by atoms with Crippen molar-refractivity contribution in [3.8, 4) is 22.3 Å². The Labute approximate surface area is 365 Å². The average Bonchev–Trinajstić information content (AvgIpc) is 3.65. The van der Waals surface area contributed by atoms with Crippen LogP contribution in [0.3, 0.4) is 0 Å². The van der Waals surface area contributed by atoms with E-state index in [0.717, 1.165) is 0 Å². The molecule has 2 atom stereocenters. The van der Waals surface area contributed by atoms with Gasteiger partial charge in [-0.05, 0) is 0 Å². The van der Waals surface area contributed by atoms with Gasteiger partial charge in [-0.3, -0.25) is 0 Å². The number of allylic oxidation sites excluding steroid dienone is 2. The van der Waals surface area contributed by atoms with Crippen LogP contribution in [0.15, 0.2) is 83.9 Å². The predicted octanol–water partition coefficient (Wildman–Crippen LogP) is 10.4. The molecule has 7 rings (SSSR count). The molecule has 0 saturated carbocycles. The molecule has 1 saturated heterocycles. The molecule has 304 valence electrons. The normalized spacial score (nSPS) is 18.0. The number of hydrogen-bond donors (Lipinski definition) is 0. The summed E-state index contributed by atoms with van der Waals surface area (Å²) in [5.41, 5.74) is 21.7. The summed E-state index contributed by atoms with van der Waals surface area (Å²) in [6.45, 7) is 33.2. The fraction of sp³-hybridized carbons (Fsp3) is 0.481. The quantitative estimate of drug-likeness (QED) is 0.165. The topological polar surface area (TPSA) is 0 Å². The zero-order valence-electron chi connectivity index (χ0n) is 37.7. The van der Waals surface area contributed by atoms with Gasteiger partial charge >= 0.3 is 343 Å². The number of rotatable bonds is 8. The van der Waals surface area contributed by atoms with Gasteiger partial charge in [0.15, 0.2) is 0 Å².